The summed E-state index contributed by atoms with van der Waals surface area (Å²) in [6.07, 6.45) is 0. The quantitative estimate of drug-likeness (QED) is 0.432. The van der Waals surface area contributed by atoms with Gasteiger partial charge in [0.15, 0.2) is 23.4 Å². The van der Waals surface area contributed by atoms with Gasteiger partial charge < -0.3 is 0 Å². The van der Waals surface area contributed by atoms with Gasteiger partial charge in [-0.05, 0) is 0 Å². The highest BCUT2D eigenvalue weighted by Gasteiger charge is 2.31. The zero-order valence-corrected chi connectivity index (χ0v) is 8.61. The summed E-state index contributed by atoms with van der Waals surface area (Å²) in [5.41, 5.74) is 0. The number of hydrogen-bond acceptors (Lipinski definition) is 5. The molecule has 0 N–H and O–H groups in total. The van der Waals surface area contributed by atoms with E-state index >= 15 is 0 Å². The van der Waals surface area contributed by atoms with Crippen molar-refractivity contribution in [2.24, 2.45) is 0 Å². The monoisotopic (exact) mass is 233 g/mol. The van der Waals surface area contributed by atoms with Crippen molar-refractivity contribution in [3.63, 3.8) is 0 Å². The van der Waals surface area contributed by atoms with Crippen molar-refractivity contribution in [1.29, 1.82) is 0 Å². The Bertz CT molecular complexity index is 296. The van der Waals surface area contributed by atoms with Crippen LogP contribution < -0.4 is 0 Å². The fraction of sp³-hybridized carbons (Fsp3) is 0.833. The van der Waals surface area contributed by atoms with Gasteiger partial charge in [0.25, 0.3) is 0 Å². The largest absolute Gasteiger partial charge is 0.296 e. The van der Waals surface area contributed by atoms with Crippen LogP contribution in [0.25, 0.3) is 0 Å². The van der Waals surface area contributed by atoms with Gasteiger partial charge in [0, 0.05) is 6.92 Å². The van der Waals surface area contributed by atoms with Gasteiger partial charge in [0.1, 0.15) is 13.1 Å². The minimum Gasteiger partial charge on any atom is -0.296 e. The maximum Gasteiger partial charge on any atom is 0.222 e. The second-order valence-electron chi connectivity index (χ2n) is 3.28. The van der Waals surface area contributed by atoms with Crippen molar-refractivity contribution in [3.05, 3.63) is 20.2 Å². The average Bonchev–Trinajstić information content (AvgIpc) is 2.39. The van der Waals surface area contributed by atoms with Crippen LogP contribution in [0.1, 0.15) is 6.92 Å². The Kier molecular flexibility index (Phi) is 3.43. The molecule has 1 amide bonds. The summed E-state index contributed by atoms with van der Waals surface area (Å²) >= 11 is 0. The molecule has 0 aromatic heterocycles. The first-order valence-electron chi connectivity index (χ1n) is 4.46. The number of nitrogens with zero attached hydrogens (tertiary/aromatic N) is 5. The standard InChI is InChI=1S/C6H11N5O5/c1-6(12)7-4-8(10(13)14)2-3-9(5-7)11(15)16/h2-5H2,1H3. The molecule has 16 heavy (non-hydrogen) atoms. The molecule has 0 aromatic rings. The highest BCUT2D eigenvalue weighted by Crippen LogP contribution is 2.05. The lowest BCUT2D eigenvalue weighted by molar-refractivity contribution is -0.666. The number of hydrogen-bond donors (Lipinski definition) is 0. The molecule has 1 fully saturated rings. The molecule has 1 rings (SSSR count). The fourth-order valence-electron chi connectivity index (χ4n) is 1.28. The Morgan fingerprint density at radius 3 is 1.69 bits per heavy atom. The van der Waals surface area contributed by atoms with Crippen LogP contribution in [-0.2, 0) is 4.79 Å². The van der Waals surface area contributed by atoms with Crippen molar-refractivity contribution < 1.29 is 14.9 Å². The zero-order valence-electron chi connectivity index (χ0n) is 8.61. The zero-order chi connectivity index (χ0) is 12.3. The highest BCUT2D eigenvalue weighted by atomic mass is 16.7. The lowest BCUT2D eigenvalue weighted by atomic mass is 10.6. The summed E-state index contributed by atoms with van der Waals surface area (Å²) in [4.78, 5) is 33.3. The van der Waals surface area contributed by atoms with Gasteiger partial charge in [0.2, 0.25) is 5.91 Å². The molecule has 1 heterocycles. The molecule has 0 aromatic carbocycles. The fourth-order valence-corrected chi connectivity index (χ4v) is 1.28. The normalized spacial score (nSPS) is 16.9. The van der Waals surface area contributed by atoms with E-state index < -0.39 is 16.0 Å². The van der Waals surface area contributed by atoms with E-state index in [2.05, 4.69) is 0 Å². The van der Waals surface area contributed by atoms with Crippen LogP contribution in [0.15, 0.2) is 0 Å². The molecule has 10 heteroatoms. The molecular weight excluding hydrogens is 222 g/mol. The lowest BCUT2D eigenvalue weighted by Crippen LogP contribution is -2.44. The first-order chi connectivity index (χ1) is 7.41. The van der Waals surface area contributed by atoms with Crippen LogP contribution in [0.3, 0.4) is 0 Å². The number of carbonyl (C=O) groups excluding carboxylic acids is 1. The van der Waals surface area contributed by atoms with Crippen LogP contribution in [0.4, 0.5) is 0 Å². The van der Waals surface area contributed by atoms with E-state index in [-0.39, 0.29) is 26.4 Å². The Balaban J connectivity index is 2.80. The Labute approximate surface area is 90.2 Å². The summed E-state index contributed by atoms with van der Waals surface area (Å²) in [6, 6.07) is 0. The Morgan fingerprint density at radius 2 is 1.44 bits per heavy atom. The molecule has 0 aliphatic carbocycles. The van der Waals surface area contributed by atoms with E-state index in [0.717, 1.165) is 14.9 Å². The van der Waals surface area contributed by atoms with Crippen molar-refractivity contribution in [1.82, 2.24) is 14.9 Å². The highest BCUT2D eigenvalue weighted by molar-refractivity contribution is 5.73. The van der Waals surface area contributed by atoms with Gasteiger partial charge >= 0.3 is 0 Å². The molecule has 10 nitrogen and oxygen atoms in total. The van der Waals surface area contributed by atoms with Crippen molar-refractivity contribution in [2.45, 2.75) is 6.92 Å². The van der Waals surface area contributed by atoms with Gasteiger partial charge in [-0.3, -0.25) is 9.69 Å². The second-order valence-corrected chi connectivity index (χ2v) is 3.28. The topological polar surface area (TPSA) is 113 Å². The predicted molar refractivity (Wildman–Crippen MR) is 49.7 cm³/mol. The van der Waals surface area contributed by atoms with Crippen molar-refractivity contribution in [3.8, 4) is 0 Å². The summed E-state index contributed by atoms with van der Waals surface area (Å²) in [6.45, 7) is 0.524. The van der Waals surface area contributed by atoms with Crippen molar-refractivity contribution in [2.75, 3.05) is 26.4 Å². The van der Waals surface area contributed by atoms with Crippen molar-refractivity contribution >= 4 is 5.91 Å². The van der Waals surface area contributed by atoms with E-state index in [1.165, 1.54) is 6.92 Å². The molecule has 90 valence electrons. The Morgan fingerprint density at radius 1 is 1.06 bits per heavy atom. The first kappa shape index (κ1) is 11.9. The second kappa shape index (κ2) is 4.59. The summed E-state index contributed by atoms with van der Waals surface area (Å²) in [7, 11) is 0. The van der Waals surface area contributed by atoms with Crippen LogP contribution in [0.2, 0.25) is 0 Å². The number of amides is 1. The van der Waals surface area contributed by atoms with Gasteiger partial charge in [-0.2, -0.15) is 0 Å². The molecule has 0 spiro atoms. The minimum atomic E-state index is -0.667. The maximum absolute atomic E-state index is 11.1. The van der Waals surface area contributed by atoms with Gasteiger partial charge in [-0.15, -0.1) is 10.0 Å². The van der Waals surface area contributed by atoms with E-state index in [0.29, 0.717) is 0 Å². The van der Waals surface area contributed by atoms with Gasteiger partial charge in [0.05, 0.1) is 0 Å². The smallest absolute Gasteiger partial charge is 0.222 e. The third-order valence-electron chi connectivity index (χ3n) is 2.19. The molecule has 1 aliphatic heterocycles. The third-order valence-corrected chi connectivity index (χ3v) is 2.19. The molecule has 0 bridgehead atoms. The summed E-state index contributed by atoms with van der Waals surface area (Å²) in [5, 5.41) is 21.3. The average molecular weight is 233 g/mol. The number of hydrazine groups is 2. The number of nitro groups is 2. The number of carbonyl (C=O) groups is 1. The van der Waals surface area contributed by atoms with E-state index in [9.17, 15) is 25.0 Å². The maximum atomic E-state index is 11.1. The first-order valence-corrected chi connectivity index (χ1v) is 4.46. The van der Waals surface area contributed by atoms with E-state index in [4.69, 9.17) is 0 Å². The van der Waals surface area contributed by atoms with E-state index in [1.54, 1.807) is 0 Å². The number of rotatable bonds is 2. The predicted octanol–water partition coefficient (Wildman–Crippen LogP) is -1.25. The van der Waals surface area contributed by atoms with Crippen LogP contribution in [-0.4, -0.2) is 57.3 Å². The molecule has 0 unspecified atom stereocenters. The van der Waals surface area contributed by atoms with Gasteiger partial charge in [-0.1, -0.05) is 0 Å². The van der Waals surface area contributed by atoms with Crippen LogP contribution in [0.5, 0.6) is 0 Å². The molecule has 1 saturated heterocycles. The van der Waals surface area contributed by atoms with E-state index in [1.807, 2.05) is 0 Å². The summed E-state index contributed by atoms with van der Waals surface area (Å²) < 4.78 is 0. The molecule has 0 saturated carbocycles. The molecule has 0 atom stereocenters. The molecule has 1 aliphatic rings. The molecule has 0 radical (unpaired) electrons. The lowest BCUT2D eigenvalue weighted by Gasteiger charge is -2.20. The van der Waals surface area contributed by atoms with Crippen LogP contribution in [0, 0.1) is 20.2 Å². The minimum absolute atomic E-state index is 0.0994. The SMILES string of the molecule is CC(=O)N1CN([N+](=O)[O-])CCN([N+](=O)[O-])C1. The summed E-state index contributed by atoms with van der Waals surface area (Å²) in [5.74, 6) is -0.444. The van der Waals surface area contributed by atoms with Crippen LogP contribution >= 0.6 is 0 Å². The Hall–Kier alpha value is -2.13. The molecular formula is C6H11N5O5. The third kappa shape index (κ3) is 2.68. The van der Waals surface area contributed by atoms with Gasteiger partial charge in [-0.25, -0.2) is 20.2 Å².